The van der Waals surface area contributed by atoms with E-state index in [1.165, 1.54) is 12.1 Å². The number of halogens is 1. The Morgan fingerprint density at radius 3 is 2.38 bits per heavy atom. The van der Waals surface area contributed by atoms with Gasteiger partial charge in [0.2, 0.25) is 5.91 Å². The van der Waals surface area contributed by atoms with E-state index in [-0.39, 0.29) is 28.8 Å². The number of likely N-dealkylation sites (tertiary alicyclic amines) is 2. The summed E-state index contributed by atoms with van der Waals surface area (Å²) < 4.78 is 37.1. The van der Waals surface area contributed by atoms with Crippen LogP contribution in [0.25, 0.3) is 0 Å². The summed E-state index contributed by atoms with van der Waals surface area (Å²) in [6.07, 6.45) is 2.87. The topological polar surface area (TPSA) is 57.7 Å². The second kappa shape index (κ2) is 8.05. The summed E-state index contributed by atoms with van der Waals surface area (Å²) in [6.45, 7) is 4.21. The average molecular weight is 383 g/mol. The maximum absolute atomic E-state index is 13.1. The van der Waals surface area contributed by atoms with E-state index in [0.717, 1.165) is 24.9 Å². The van der Waals surface area contributed by atoms with Crippen LogP contribution >= 0.6 is 0 Å². The first-order chi connectivity index (χ1) is 12.4. The Hall–Kier alpha value is -1.47. The second-order valence-corrected chi connectivity index (χ2v) is 9.80. The Kier molecular flexibility index (Phi) is 5.97. The number of nitrogens with zero attached hydrogens (tertiary/aromatic N) is 2. The van der Waals surface area contributed by atoms with E-state index in [2.05, 4.69) is 4.90 Å². The summed E-state index contributed by atoms with van der Waals surface area (Å²) in [6, 6.07) is 6.26. The van der Waals surface area contributed by atoms with Crippen molar-refractivity contribution in [2.75, 3.05) is 25.4 Å². The van der Waals surface area contributed by atoms with Gasteiger partial charge in [-0.15, -0.1) is 0 Å². The van der Waals surface area contributed by atoms with Crippen molar-refractivity contribution in [1.82, 2.24) is 9.80 Å². The van der Waals surface area contributed by atoms with Gasteiger partial charge in [-0.3, -0.25) is 9.69 Å². The van der Waals surface area contributed by atoms with Crippen LogP contribution < -0.4 is 0 Å². The van der Waals surface area contributed by atoms with Gasteiger partial charge >= 0.3 is 0 Å². The second-order valence-electron chi connectivity index (χ2n) is 7.23. The normalized spacial score (nSPS) is 22.7. The van der Waals surface area contributed by atoms with Crippen molar-refractivity contribution in [3.05, 3.63) is 35.6 Å². The van der Waals surface area contributed by atoms with E-state index >= 15 is 0 Å². The largest absolute Gasteiger partial charge is 0.341 e. The third-order valence-electron chi connectivity index (χ3n) is 5.61. The van der Waals surface area contributed by atoms with Crippen molar-refractivity contribution in [3.8, 4) is 0 Å². The molecule has 0 spiro atoms. The number of carbonyl (C=O) groups is 1. The Morgan fingerprint density at radius 1 is 1.12 bits per heavy atom. The monoisotopic (exact) mass is 382 g/mol. The number of hydrogen-bond donors (Lipinski definition) is 0. The molecule has 1 aromatic rings. The lowest BCUT2D eigenvalue weighted by atomic mass is 10.1. The summed E-state index contributed by atoms with van der Waals surface area (Å²) in [5, 5.41) is -0.310. The highest BCUT2D eigenvalue weighted by molar-refractivity contribution is 7.92. The van der Waals surface area contributed by atoms with Crippen LogP contribution in [0.2, 0.25) is 0 Å². The number of benzene rings is 1. The molecular weight excluding hydrogens is 355 g/mol. The molecule has 0 N–H and O–H groups in total. The van der Waals surface area contributed by atoms with E-state index in [4.69, 9.17) is 0 Å². The van der Waals surface area contributed by atoms with Gasteiger partial charge in [0.25, 0.3) is 0 Å². The molecule has 26 heavy (non-hydrogen) atoms. The smallest absolute Gasteiger partial charge is 0.239 e. The van der Waals surface area contributed by atoms with E-state index in [0.29, 0.717) is 32.5 Å². The molecule has 2 aliphatic heterocycles. The molecule has 144 valence electrons. The summed E-state index contributed by atoms with van der Waals surface area (Å²) in [7, 11) is -3.02. The maximum Gasteiger partial charge on any atom is 0.239 e. The van der Waals surface area contributed by atoms with Gasteiger partial charge < -0.3 is 4.90 Å². The van der Waals surface area contributed by atoms with Crippen LogP contribution in [0.4, 0.5) is 4.39 Å². The first-order valence-electron chi connectivity index (χ1n) is 9.39. The zero-order chi connectivity index (χ0) is 18.7. The van der Waals surface area contributed by atoms with Gasteiger partial charge in [0.15, 0.2) is 9.84 Å². The third kappa shape index (κ3) is 4.26. The molecule has 0 aromatic heterocycles. The number of amides is 1. The van der Waals surface area contributed by atoms with Crippen molar-refractivity contribution in [1.29, 1.82) is 0 Å². The van der Waals surface area contributed by atoms with E-state index in [1.54, 1.807) is 19.1 Å². The minimum absolute atomic E-state index is 0.108. The lowest BCUT2D eigenvalue weighted by Crippen LogP contribution is -2.49. The minimum Gasteiger partial charge on any atom is -0.341 e. The molecule has 1 amide bonds. The van der Waals surface area contributed by atoms with Crippen molar-refractivity contribution in [3.63, 3.8) is 0 Å². The quantitative estimate of drug-likeness (QED) is 0.784. The third-order valence-corrected chi connectivity index (χ3v) is 7.90. The predicted molar refractivity (Wildman–Crippen MR) is 98.9 cm³/mol. The summed E-state index contributed by atoms with van der Waals surface area (Å²) in [4.78, 5) is 16.9. The fourth-order valence-electron chi connectivity index (χ4n) is 4.00. The standard InChI is InChI=1S/C19H27FN2O3S/c1-2-26(24,25)17-9-12-21(13-10-17)19(23)18-4-3-11-22(18)14-15-5-7-16(20)8-6-15/h5-8,17-18H,2-4,9-14H2,1H3. The molecule has 0 saturated carbocycles. The van der Waals surface area contributed by atoms with Crippen LogP contribution in [-0.2, 0) is 21.2 Å². The molecule has 7 heteroatoms. The molecule has 2 saturated heterocycles. The molecule has 0 radical (unpaired) electrons. The van der Waals surface area contributed by atoms with Gasteiger partial charge in [-0.25, -0.2) is 12.8 Å². The molecule has 1 unspecified atom stereocenters. The van der Waals surface area contributed by atoms with Gasteiger partial charge in [0.05, 0.1) is 11.3 Å². The molecule has 2 aliphatic rings. The zero-order valence-corrected chi connectivity index (χ0v) is 16.0. The highest BCUT2D eigenvalue weighted by Crippen LogP contribution is 2.25. The fourth-order valence-corrected chi connectivity index (χ4v) is 5.40. The summed E-state index contributed by atoms with van der Waals surface area (Å²) >= 11 is 0. The molecule has 1 atom stereocenters. The van der Waals surface area contributed by atoms with Crippen LogP contribution in [0.5, 0.6) is 0 Å². The van der Waals surface area contributed by atoms with Crippen LogP contribution in [0, 0.1) is 5.82 Å². The first-order valence-corrected chi connectivity index (χ1v) is 11.1. The van der Waals surface area contributed by atoms with Crippen LogP contribution in [-0.4, -0.2) is 60.8 Å². The van der Waals surface area contributed by atoms with Gasteiger partial charge in [-0.1, -0.05) is 19.1 Å². The number of rotatable bonds is 5. The zero-order valence-electron chi connectivity index (χ0n) is 15.2. The van der Waals surface area contributed by atoms with E-state index in [1.807, 2.05) is 4.90 Å². The Balaban J connectivity index is 1.59. The lowest BCUT2D eigenvalue weighted by molar-refractivity contribution is -0.137. The minimum atomic E-state index is -3.02. The van der Waals surface area contributed by atoms with Gasteiger partial charge in [0, 0.05) is 25.4 Å². The van der Waals surface area contributed by atoms with Crippen LogP contribution in [0.1, 0.15) is 38.2 Å². The number of hydrogen-bond acceptors (Lipinski definition) is 4. The highest BCUT2D eigenvalue weighted by Gasteiger charge is 2.36. The van der Waals surface area contributed by atoms with Crippen molar-refractivity contribution in [2.45, 2.75) is 50.4 Å². The van der Waals surface area contributed by atoms with Gasteiger partial charge in [-0.2, -0.15) is 0 Å². The van der Waals surface area contributed by atoms with Gasteiger partial charge in [-0.05, 0) is 49.9 Å². The highest BCUT2D eigenvalue weighted by atomic mass is 32.2. The Bertz CT molecular complexity index is 728. The van der Waals surface area contributed by atoms with Crippen LogP contribution in [0.15, 0.2) is 24.3 Å². The van der Waals surface area contributed by atoms with E-state index in [9.17, 15) is 17.6 Å². The molecular formula is C19H27FN2O3S. The molecule has 1 aromatic carbocycles. The number of carbonyl (C=O) groups excluding carboxylic acids is 1. The molecule has 2 fully saturated rings. The lowest BCUT2D eigenvalue weighted by Gasteiger charge is -2.35. The molecule has 5 nitrogen and oxygen atoms in total. The summed E-state index contributed by atoms with van der Waals surface area (Å²) in [5.74, 6) is 0.0179. The van der Waals surface area contributed by atoms with Crippen LogP contribution in [0.3, 0.4) is 0 Å². The van der Waals surface area contributed by atoms with Crippen molar-refractivity contribution >= 4 is 15.7 Å². The molecule has 2 heterocycles. The fraction of sp³-hybridized carbons (Fsp3) is 0.632. The first kappa shape index (κ1) is 19.3. The molecule has 0 aliphatic carbocycles. The number of sulfone groups is 1. The van der Waals surface area contributed by atoms with Crippen molar-refractivity contribution in [2.24, 2.45) is 0 Å². The SMILES string of the molecule is CCS(=O)(=O)C1CCN(C(=O)C2CCCN2Cc2ccc(F)cc2)CC1. The van der Waals surface area contributed by atoms with E-state index < -0.39 is 9.84 Å². The average Bonchev–Trinajstić information content (AvgIpc) is 3.11. The summed E-state index contributed by atoms with van der Waals surface area (Å²) in [5.41, 5.74) is 0.999. The molecule has 3 rings (SSSR count). The predicted octanol–water partition coefficient (Wildman–Crippen LogP) is 2.22. The molecule has 0 bridgehead atoms. The van der Waals surface area contributed by atoms with Gasteiger partial charge in [0.1, 0.15) is 5.82 Å². The Morgan fingerprint density at radius 2 is 1.77 bits per heavy atom. The van der Waals surface area contributed by atoms with Crippen molar-refractivity contribution < 1.29 is 17.6 Å². The number of piperidine rings is 1. The Labute approximate surface area is 155 Å². The maximum atomic E-state index is 13.1.